The number of aromatic amines is 1. The normalized spacial score (nSPS) is 16.1. The number of aromatic nitrogens is 4. The summed E-state index contributed by atoms with van der Waals surface area (Å²) in [6, 6.07) is 7.65. The molecule has 0 unspecified atom stereocenters. The van der Waals surface area contributed by atoms with Gasteiger partial charge in [0.25, 0.3) is 5.91 Å². The molecule has 1 aliphatic heterocycles. The Morgan fingerprint density at radius 3 is 2.74 bits per heavy atom. The van der Waals surface area contributed by atoms with Gasteiger partial charge in [0.1, 0.15) is 0 Å². The molecular weight excluding hydrogens is 294 g/mol. The number of hydrogen-bond acceptors (Lipinski definition) is 5. The maximum Gasteiger partial charge on any atom is 0.289 e. The second kappa shape index (κ2) is 5.49. The van der Waals surface area contributed by atoms with Gasteiger partial charge in [-0.15, -0.1) is 0 Å². The van der Waals surface area contributed by atoms with Gasteiger partial charge in [-0.05, 0) is 25.0 Å². The number of carbonyl (C=O) groups excluding carboxylic acids is 1. The number of benzene rings is 1. The van der Waals surface area contributed by atoms with Crippen LogP contribution >= 0.6 is 0 Å². The second-order valence-electron chi connectivity index (χ2n) is 5.84. The Labute approximate surface area is 132 Å². The summed E-state index contributed by atoms with van der Waals surface area (Å²) in [5.74, 6) is 1.94. The number of carbonyl (C=O) groups is 1. The lowest BCUT2D eigenvalue weighted by Crippen LogP contribution is -2.38. The molecule has 0 atom stereocenters. The van der Waals surface area contributed by atoms with Gasteiger partial charge >= 0.3 is 0 Å². The first kappa shape index (κ1) is 13.9. The van der Waals surface area contributed by atoms with Crippen LogP contribution in [0, 0.1) is 6.92 Å². The zero-order valence-corrected chi connectivity index (χ0v) is 12.8. The fourth-order valence-electron chi connectivity index (χ4n) is 3.03. The van der Waals surface area contributed by atoms with E-state index in [0.717, 1.165) is 29.7 Å². The van der Waals surface area contributed by atoms with Crippen molar-refractivity contribution < 1.29 is 9.32 Å². The van der Waals surface area contributed by atoms with Crippen molar-refractivity contribution in [1.29, 1.82) is 0 Å². The minimum absolute atomic E-state index is 0.0519. The quantitative estimate of drug-likeness (QED) is 0.784. The third-order valence-electron chi connectivity index (χ3n) is 4.28. The Balaban J connectivity index is 1.46. The van der Waals surface area contributed by atoms with Gasteiger partial charge in [0, 0.05) is 25.9 Å². The molecule has 3 heterocycles. The van der Waals surface area contributed by atoms with Crippen LogP contribution in [0.1, 0.15) is 41.1 Å². The van der Waals surface area contributed by atoms with E-state index in [0.29, 0.717) is 24.8 Å². The number of aryl methyl sites for hydroxylation is 1. The van der Waals surface area contributed by atoms with Crippen LogP contribution in [0.2, 0.25) is 0 Å². The molecule has 1 aliphatic rings. The van der Waals surface area contributed by atoms with Crippen LogP contribution in [0.5, 0.6) is 0 Å². The number of amides is 1. The average Bonchev–Trinajstić information content (AvgIpc) is 3.20. The van der Waals surface area contributed by atoms with Gasteiger partial charge in [-0.1, -0.05) is 17.3 Å². The van der Waals surface area contributed by atoms with Crippen LogP contribution in [0.25, 0.3) is 11.0 Å². The highest BCUT2D eigenvalue weighted by molar-refractivity contribution is 5.94. The van der Waals surface area contributed by atoms with Crippen LogP contribution in [0.15, 0.2) is 28.8 Å². The molecule has 0 bridgehead atoms. The fourth-order valence-corrected chi connectivity index (χ4v) is 3.03. The Morgan fingerprint density at radius 2 is 2.04 bits per heavy atom. The summed E-state index contributed by atoms with van der Waals surface area (Å²) < 4.78 is 5.04. The van der Waals surface area contributed by atoms with Crippen LogP contribution in [-0.4, -0.2) is 44.0 Å². The molecule has 118 valence electrons. The molecule has 0 radical (unpaired) electrons. The number of hydrogen-bond donors (Lipinski definition) is 1. The SMILES string of the molecule is Cc1nc(C2CCN(C(=O)c3nc4ccccc4[nH]3)CC2)no1. The van der Waals surface area contributed by atoms with E-state index in [1.54, 1.807) is 6.92 Å². The molecule has 0 saturated carbocycles. The first-order valence-corrected chi connectivity index (χ1v) is 7.75. The summed E-state index contributed by atoms with van der Waals surface area (Å²) in [5.41, 5.74) is 1.70. The molecule has 1 fully saturated rings. The number of fused-ring (bicyclic) bond motifs is 1. The van der Waals surface area contributed by atoms with Crippen LogP contribution < -0.4 is 0 Å². The molecule has 4 rings (SSSR count). The number of rotatable bonds is 2. The molecule has 1 aromatic carbocycles. The second-order valence-corrected chi connectivity index (χ2v) is 5.84. The Hall–Kier alpha value is -2.70. The maximum atomic E-state index is 12.6. The highest BCUT2D eigenvalue weighted by Crippen LogP contribution is 2.26. The summed E-state index contributed by atoms with van der Waals surface area (Å²) in [6.07, 6.45) is 1.68. The topological polar surface area (TPSA) is 87.9 Å². The van der Waals surface area contributed by atoms with Crippen molar-refractivity contribution in [2.24, 2.45) is 0 Å². The van der Waals surface area contributed by atoms with E-state index in [-0.39, 0.29) is 11.8 Å². The molecule has 7 heteroatoms. The van der Waals surface area contributed by atoms with E-state index in [1.165, 1.54) is 0 Å². The number of piperidine rings is 1. The summed E-state index contributed by atoms with van der Waals surface area (Å²) >= 11 is 0. The van der Waals surface area contributed by atoms with Gasteiger partial charge in [0.15, 0.2) is 11.6 Å². The first-order valence-electron chi connectivity index (χ1n) is 7.75. The number of nitrogens with one attached hydrogen (secondary N) is 1. The van der Waals surface area contributed by atoms with E-state index < -0.39 is 0 Å². The van der Waals surface area contributed by atoms with Crippen molar-refractivity contribution >= 4 is 16.9 Å². The number of nitrogens with zero attached hydrogens (tertiary/aromatic N) is 4. The zero-order valence-electron chi connectivity index (χ0n) is 12.8. The lowest BCUT2D eigenvalue weighted by molar-refractivity contribution is 0.0699. The molecule has 0 spiro atoms. The lowest BCUT2D eigenvalue weighted by Gasteiger charge is -2.29. The Bertz CT molecular complexity index is 812. The average molecular weight is 311 g/mol. The van der Waals surface area contributed by atoms with Crippen molar-refractivity contribution in [1.82, 2.24) is 25.0 Å². The van der Waals surface area contributed by atoms with E-state index in [2.05, 4.69) is 20.1 Å². The van der Waals surface area contributed by atoms with Crippen LogP contribution in [0.4, 0.5) is 0 Å². The molecule has 1 N–H and O–H groups in total. The lowest BCUT2D eigenvalue weighted by atomic mass is 9.96. The minimum Gasteiger partial charge on any atom is -0.340 e. The van der Waals surface area contributed by atoms with Gasteiger partial charge in [-0.25, -0.2) is 4.98 Å². The molecule has 23 heavy (non-hydrogen) atoms. The largest absolute Gasteiger partial charge is 0.340 e. The summed E-state index contributed by atoms with van der Waals surface area (Å²) in [7, 11) is 0. The Morgan fingerprint density at radius 1 is 1.26 bits per heavy atom. The van der Waals surface area contributed by atoms with E-state index in [9.17, 15) is 4.79 Å². The van der Waals surface area contributed by atoms with Gasteiger partial charge < -0.3 is 14.4 Å². The van der Waals surface area contributed by atoms with Gasteiger partial charge in [0.2, 0.25) is 5.89 Å². The van der Waals surface area contributed by atoms with E-state index in [1.807, 2.05) is 29.2 Å². The van der Waals surface area contributed by atoms with Gasteiger partial charge in [-0.3, -0.25) is 4.79 Å². The highest BCUT2D eigenvalue weighted by Gasteiger charge is 2.28. The highest BCUT2D eigenvalue weighted by atomic mass is 16.5. The summed E-state index contributed by atoms with van der Waals surface area (Å²) in [5, 5.41) is 3.99. The summed E-state index contributed by atoms with van der Waals surface area (Å²) in [6.45, 7) is 3.14. The molecule has 3 aromatic rings. The number of H-pyrrole nitrogens is 1. The third kappa shape index (κ3) is 2.58. The third-order valence-corrected chi connectivity index (χ3v) is 4.28. The fraction of sp³-hybridized carbons (Fsp3) is 0.375. The standard InChI is InChI=1S/C16H17N5O2/c1-10-17-14(20-23-10)11-6-8-21(9-7-11)16(22)15-18-12-4-2-3-5-13(12)19-15/h2-5,11H,6-9H2,1H3,(H,18,19). The Kier molecular flexibility index (Phi) is 3.33. The van der Waals surface area contributed by atoms with Crippen molar-refractivity contribution in [2.75, 3.05) is 13.1 Å². The first-order chi connectivity index (χ1) is 11.2. The van der Waals surface area contributed by atoms with Gasteiger partial charge in [0.05, 0.1) is 11.0 Å². The number of para-hydroxylation sites is 2. The number of likely N-dealkylation sites (tertiary alicyclic amines) is 1. The van der Waals surface area contributed by atoms with Crippen LogP contribution in [0.3, 0.4) is 0 Å². The van der Waals surface area contributed by atoms with E-state index >= 15 is 0 Å². The molecule has 0 aliphatic carbocycles. The monoisotopic (exact) mass is 311 g/mol. The molecule has 7 nitrogen and oxygen atoms in total. The minimum atomic E-state index is -0.0519. The van der Waals surface area contributed by atoms with Crippen molar-refractivity contribution in [3.63, 3.8) is 0 Å². The maximum absolute atomic E-state index is 12.6. The smallest absolute Gasteiger partial charge is 0.289 e. The zero-order chi connectivity index (χ0) is 15.8. The van der Waals surface area contributed by atoms with Gasteiger partial charge in [-0.2, -0.15) is 4.98 Å². The van der Waals surface area contributed by atoms with E-state index in [4.69, 9.17) is 4.52 Å². The molecule has 1 saturated heterocycles. The predicted octanol–water partition coefficient (Wildman–Crippen LogP) is 2.27. The summed E-state index contributed by atoms with van der Waals surface area (Å²) in [4.78, 5) is 26.2. The molecular formula is C16H17N5O2. The van der Waals surface area contributed by atoms with Crippen molar-refractivity contribution in [2.45, 2.75) is 25.7 Å². The molecule has 1 amide bonds. The molecule has 2 aromatic heterocycles. The number of imidazole rings is 1. The van der Waals surface area contributed by atoms with Crippen molar-refractivity contribution in [3.8, 4) is 0 Å². The van der Waals surface area contributed by atoms with Crippen molar-refractivity contribution in [3.05, 3.63) is 41.8 Å². The van der Waals surface area contributed by atoms with Crippen LogP contribution in [-0.2, 0) is 0 Å². The predicted molar refractivity (Wildman–Crippen MR) is 83.0 cm³/mol.